The Morgan fingerprint density at radius 3 is 2.42 bits per heavy atom. The van der Waals surface area contributed by atoms with Crippen molar-refractivity contribution in [2.75, 3.05) is 23.1 Å². The topological polar surface area (TPSA) is 58.6 Å². The summed E-state index contributed by atoms with van der Waals surface area (Å²) in [6.45, 7) is 0. The second-order valence-electron chi connectivity index (χ2n) is 6.83. The summed E-state index contributed by atoms with van der Waals surface area (Å²) in [5.41, 5.74) is 1.87. The van der Waals surface area contributed by atoms with Gasteiger partial charge in [-0.1, -0.05) is 12.1 Å². The Bertz CT molecular complexity index is 1120. The highest BCUT2D eigenvalue weighted by atomic mass is 32.2. The first-order valence-corrected chi connectivity index (χ1v) is 10.5. The van der Waals surface area contributed by atoms with Gasteiger partial charge in [0.25, 0.3) is 5.91 Å². The summed E-state index contributed by atoms with van der Waals surface area (Å²) in [6.07, 6.45) is 0. The summed E-state index contributed by atoms with van der Waals surface area (Å²) in [6, 6.07) is 16.9. The van der Waals surface area contributed by atoms with Crippen molar-refractivity contribution in [1.29, 1.82) is 0 Å². The lowest BCUT2D eigenvalue weighted by Crippen LogP contribution is -2.28. The zero-order valence-electron chi connectivity index (χ0n) is 16.5. The molecule has 0 radical (unpaired) electrons. The third kappa shape index (κ3) is 4.39. The number of ether oxygens (including phenoxy) is 1. The van der Waals surface area contributed by atoms with Gasteiger partial charge < -0.3 is 10.1 Å². The minimum Gasteiger partial charge on any atom is -0.497 e. The molecule has 0 saturated carbocycles. The summed E-state index contributed by atoms with van der Waals surface area (Å²) in [5.74, 6) is -1.16. The number of carbonyl (C=O) groups is 2. The first-order chi connectivity index (χ1) is 15.0. The Labute approximate surface area is 182 Å². The van der Waals surface area contributed by atoms with E-state index in [9.17, 15) is 18.4 Å². The third-order valence-corrected chi connectivity index (χ3v) is 6.06. The summed E-state index contributed by atoms with van der Waals surface area (Å²) in [4.78, 5) is 26.1. The van der Waals surface area contributed by atoms with Gasteiger partial charge in [0, 0.05) is 17.3 Å². The third-order valence-electron chi connectivity index (χ3n) is 4.84. The van der Waals surface area contributed by atoms with Crippen LogP contribution in [-0.2, 0) is 4.79 Å². The van der Waals surface area contributed by atoms with Crippen molar-refractivity contribution in [1.82, 2.24) is 0 Å². The van der Waals surface area contributed by atoms with Crippen LogP contribution in [0.4, 0.5) is 20.2 Å². The number of thioether (sulfide) groups is 1. The van der Waals surface area contributed by atoms with Gasteiger partial charge in [0.15, 0.2) is 0 Å². The van der Waals surface area contributed by atoms with E-state index < -0.39 is 17.0 Å². The van der Waals surface area contributed by atoms with E-state index >= 15 is 0 Å². The molecule has 1 aliphatic rings. The SMILES string of the molecule is COc1ccc(C(=O)Nc2ccc([C@H]3SCC(=O)N3c3ccc(F)cc3F)cc2)cc1. The molecule has 1 atom stereocenters. The lowest BCUT2D eigenvalue weighted by molar-refractivity contribution is -0.115. The number of halogens is 2. The molecular weight excluding hydrogens is 422 g/mol. The highest BCUT2D eigenvalue weighted by molar-refractivity contribution is 8.00. The van der Waals surface area contributed by atoms with Gasteiger partial charge in [0.05, 0.1) is 18.6 Å². The van der Waals surface area contributed by atoms with Gasteiger partial charge in [0.2, 0.25) is 5.91 Å². The van der Waals surface area contributed by atoms with E-state index in [2.05, 4.69) is 5.32 Å². The minimum absolute atomic E-state index is 0.0401. The molecule has 31 heavy (non-hydrogen) atoms. The van der Waals surface area contributed by atoms with E-state index in [-0.39, 0.29) is 23.3 Å². The van der Waals surface area contributed by atoms with Gasteiger partial charge in [0.1, 0.15) is 22.8 Å². The summed E-state index contributed by atoms with van der Waals surface area (Å²) >= 11 is 1.36. The zero-order valence-corrected chi connectivity index (χ0v) is 17.3. The molecule has 5 nitrogen and oxygen atoms in total. The summed E-state index contributed by atoms with van der Waals surface area (Å²) < 4.78 is 32.6. The molecule has 1 fully saturated rings. The number of nitrogens with one attached hydrogen (secondary N) is 1. The number of anilines is 2. The van der Waals surface area contributed by atoms with Crippen LogP contribution >= 0.6 is 11.8 Å². The molecule has 0 aromatic heterocycles. The average Bonchev–Trinajstić information content (AvgIpc) is 3.15. The van der Waals surface area contributed by atoms with Crippen LogP contribution in [0.15, 0.2) is 66.7 Å². The molecule has 2 amide bonds. The van der Waals surface area contributed by atoms with E-state index in [0.29, 0.717) is 17.0 Å². The fraction of sp³-hybridized carbons (Fsp3) is 0.130. The summed E-state index contributed by atoms with van der Waals surface area (Å²) in [5, 5.41) is 2.37. The number of hydrogen-bond acceptors (Lipinski definition) is 4. The monoisotopic (exact) mass is 440 g/mol. The standard InChI is InChI=1S/C23H18F2N2O3S/c1-30-18-9-4-14(5-10-18)22(29)26-17-7-2-15(3-8-17)23-27(21(28)13-31-23)20-11-6-16(24)12-19(20)25/h2-12,23H,13H2,1H3,(H,26,29)/t23-/m1/s1. The minimum atomic E-state index is -0.788. The number of methoxy groups -OCH3 is 1. The van der Waals surface area contributed by atoms with Crippen molar-refractivity contribution in [3.05, 3.63) is 89.5 Å². The Morgan fingerprint density at radius 1 is 1.06 bits per heavy atom. The molecule has 0 spiro atoms. The molecule has 1 aliphatic heterocycles. The molecule has 0 unspecified atom stereocenters. The highest BCUT2D eigenvalue weighted by Gasteiger charge is 2.35. The fourth-order valence-corrected chi connectivity index (χ4v) is 4.45. The molecular formula is C23H18F2N2O3S. The quantitative estimate of drug-likeness (QED) is 0.606. The first-order valence-electron chi connectivity index (χ1n) is 9.40. The molecule has 158 valence electrons. The van der Waals surface area contributed by atoms with E-state index in [0.717, 1.165) is 17.7 Å². The average molecular weight is 440 g/mol. The smallest absolute Gasteiger partial charge is 0.255 e. The van der Waals surface area contributed by atoms with E-state index in [4.69, 9.17) is 4.74 Å². The van der Waals surface area contributed by atoms with Crippen molar-refractivity contribution < 1.29 is 23.1 Å². The molecule has 0 bridgehead atoms. The van der Waals surface area contributed by atoms with Crippen molar-refractivity contribution in [3.63, 3.8) is 0 Å². The Balaban J connectivity index is 1.51. The van der Waals surface area contributed by atoms with Crippen molar-refractivity contribution in [2.45, 2.75) is 5.37 Å². The second kappa shape index (κ2) is 8.77. The highest BCUT2D eigenvalue weighted by Crippen LogP contribution is 2.42. The number of carbonyl (C=O) groups excluding carboxylic acids is 2. The predicted octanol–water partition coefficient (Wildman–Crippen LogP) is 5.00. The van der Waals surface area contributed by atoms with E-state index in [1.165, 1.54) is 22.7 Å². The van der Waals surface area contributed by atoms with Gasteiger partial charge in [-0.15, -0.1) is 11.8 Å². The van der Waals surface area contributed by atoms with Crippen LogP contribution in [0.1, 0.15) is 21.3 Å². The Hall–Kier alpha value is -3.39. The van der Waals surface area contributed by atoms with Crippen LogP contribution in [0, 0.1) is 11.6 Å². The van der Waals surface area contributed by atoms with Gasteiger partial charge in [-0.2, -0.15) is 0 Å². The molecule has 3 aromatic carbocycles. The van der Waals surface area contributed by atoms with Crippen molar-refractivity contribution in [2.24, 2.45) is 0 Å². The normalized spacial score (nSPS) is 15.8. The van der Waals surface area contributed by atoms with Crippen LogP contribution in [0.5, 0.6) is 5.75 Å². The zero-order chi connectivity index (χ0) is 22.0. The largest absolute Gasteiger partial charge is 0.497 e. The number of amides is 2. The van der Waals surface area contributed by atoms with Gasteiger partial charge >= 0.3 is 0 Å². The molecule has 0 aliphatic carbocycles. The van der Waals surface area contributed by atoms with Crippen LogP contribution < -0.4 is 15.0 Å². The van der Waals surface area contributed by atoms with E-state index in [1.807, 2.05) is 0 Å². The number of benzene rings is 3. The number of nitrogens with zero attached hydrogens (tertiary/aromatic N) is 1. The molecule has 1 saturated heterocycles. The molecule has 3 aromatic rings. The lowest BCUT2D eigenvalue weighted by Gasteiger charge is -2.25. The van der Waals surface area contributed by atoms with Crippen LogP contribution in [0.3, 0.4) is 0 Å². The maximum Gasteiger partial charge on any atom is 0.255 e. The van der Waals surface area contributed by atoms with Crippen molar-refractivity contribution in [3.8, 4) is 5.75 Å². The van der Waals surface area contributed by atoms with E-state index in [1.54, 1.807) is 55.6 Å². The molecule has 1 N–H and O–H groups in total. The van der Waals surface area contributed by atoms with Gasteiger partial charge in [-0.25, -0.2) is 8.78 Å². The lowest BCUT2D eigenvalue weighted by atomic mass is 10.1. The Kier molecular flexibility index (Phi) is 5.90. The summed E-state index contributed by atoms with van der Waals surface area (Å²) in [7, 11) is 1.55. The fourth-order valence-electron chi connectivity index (χ4n) is 3.28. The molecule has 1 heterocycles. The van der Waals surface area contributed by atoms with Gasteiger partial charge in [-0.05, 0) is 54.1 Å². The molecule has 8 heteroatoms. The van der Waals surface area contributed by atoms with Crippen LogP contribution in [-0.4, -0.2) is 24.7 Å². The maximum absolute atomic E-state index is 14.3. The molecule has 4 rings (SSSR count). The van der Waals surface area contributed by atoms with Gasteiger partial charge in [-0.3, -0.25) is 14.5 Å². The Morgan fingerprint density at radius 2 is 1.77 bits per heavy atom. The van der Waals surface area contributed by atoms with Crippen molar-refractivity contribution >= 4 is 35.0 Å². The predicted molar refractivity (Wildman–Crippen MR) is 116 cm³/mol. The second-order valence-corrected chi connectivity index (χ2v) is 7.90. The number of rotatable bonds is 5. The first kappa shape index (κ1) is 20.9. The van der Waals surface area contributed by atoms with Crippen LogP contribution in [0.2, 0.25) is 0 Å². The number of hydrogen-bond donors (Lipinski definition) is 1. The maximum atomic E-state index is 14.3. The van der Waals surface area contributed by atoms with Crippen LogP contribution in [0.25, 0.3) is 0 Å².